The molecule has 0 aromatic carbocycles. The molecule has 0 spiro atoms. The van der Waals surface area contributed by atoms with Crippen LogP contribution in [-0.2, 0) is 0 Å². The molecule has 2 N–H and O–H groups in total. The monoisotopic (exact) mass is 206 g/mol. The van der Waals surface area contributed by atoms with Gasteiger partial charge in [0.05, 0.1) is 0 Å². The van der Waals surface area contributed by atoms with Gasteiger partial charge in [-0.2, -0.15) is 0 Å². The molecule has 0 saturated heterocycles. The maximum atomic E-state index is 9.06. The average Bonchev–Trinajstić information content (AvgIpc) is 1.82. The van der Waals surface area contributed by atoms with E-state index in [9.17, 15) is 0 Å². The number of aliphatic imine (C=N–C) groups is 1. The summed E-state index contributed by atoms with van der Waals surface area (Å²) in [6, 6.07) is 0. The molecule has 0 radical (unpaired) electrons. The van der Waals surface area contributed by atoms with Gasteiger partial charge in [0.2, 0.25) is 5.90 Å². The second kappa shape index (κ2) is 2.59. The van der Waals surface area contributed by atoms with Gasteiger partial charge in [0, 0.05) is 6.08 Å². The van der Waals surface area contributed by atoms with Crippen molar-refractivity contribution >= 4 is 21.8 Å². The number of aliphatic hydroxyl groups excluding tert-OH is 1. The fourth-order valence-electron chi connectivity index (χ4n) is 0.635. The molecule has 0 aromatic rings. The van der Waals surface area contributed by atoms with Crippen molar-refractivity contribution in [3.05, 3.63) is 10.7 Å². The highest BCUT2D eigenvalue weighted by molar-refractivity contribution is 9.11. The van der Waals surface area contributed by atoms with Crippen LogP contribution in [0.4, 0.5) is 0 Å². The number of hydrogen-bond donors (Lipinski definition) is 2. The molecule has 4 nitrogen and oxygen atoms in total. The molecule has 0 amide bonds. The molecular formula is C5H7BrN2O2. The van der Waals surface area contributed by atoms with Gasteiger partial charge in [0.1, 0.15) is 10.8 Å². The minimum Gasteiger partial charge on any atom is -0.493 e. The van der Waals surface area contributed by atoms with E-state index in [1.807, 2.05) is 0 Å². The smallest absolute Gasteiger partial charge is 0.210 e. The Labute approximate surface area is 66.6 Å². The van der Waals surface area contributed by atoms with Crippen molar-refractivity contribution < 1.29 is 10.3 Å². The zero-order chi connectivity index (χ0) is 7.72. The van der Waals surface area contributed by atoms with Crippen LogP contribution in [0.3, 0.4) is 0 Å². The van der Waals surface area contributed by atoms with Gasteiger partial charge in [-0.15, -0.1) is 0 Å². The van der Waals surface area contributed by atoms with E-state index in [1.165, 1.54) is 6.08 Å². The van der Waals surface area contributed by atoms with Crippen LogP contribution in [0.5, 0.6) is 0 Å². The van der Waals surface area contributed by atoms with Crippen molar-refractivity contribution in [2.24, 2.45) is 4.99 Å². The normalized spacial score (nSPS) is 25.9. The second-order valence-electron chi connectivity index (χ2n) is 1.93. The molecule has 1 unspecified atom stereocenters. The number of hydroxylamine groups is 2. The summed E-state index contributed by atoms with van der Waals surface area (Å²) in [4.78, 5) is 3.66. The number of rotatable bonds is 0. The zero-order valence-electron chi connectivity index (χ0n) is 5.32. The Morgan fingerprint density at radius 1 is 1.80 bits per heavy atom. The van der Waals surface area contributed by atoms with Crippen LogP contribution in [-0.4, -0.2) is 27.4 Å². The quantitative estimate of drug-likeness (QED) is 0.587. The van der Waals surface area contributed by atoms with Crippen molar-refractivity contribution in [2.75, 3.05) is 0 Å². The number of hydrogen-bond acceptors (Lipinski definition) is 3. The first kappa shape index (κ1) is 7.56. The second-order valence-corrected chi connectivity index (χ2v) is 2.74. The van der Waals surface area contributed by atoms with Crippen LogP contribution in [0.2, 0.25) is 0 Å². The average molecular weight is 207 g/mol. The van der Waals surface area contributed by atoms with Crippen molar-refractivity contribution in [3.8, 4) is 0 Å². The molecule has 1 aliphatic heterocycles. The van der Waals surface area contributed by atoms with E-state index in [0.29, 0.717) is 4.61 Å². The standard InChI is InChI=1S/C5H7BrN2O2/c1-3-7-5(9)2-4(6)8(3)10/h2-3,10H,1H3,(H,7,9). The van der Waals surface area contributed by atoms with E-state index in [1.54, 1.807) is 6.92 Å². The highest BCUT2D eigenvalue weighted by Gasteiger charge is 2.16. The molecule has 0 aromatic heterocycles. The lowest BCUT2D eigenvalue weighted by molar-refractivity contribution is -0.0762. The highest BCUT2D eigenvalue weighted by Crippen LogP contribution is 2.17. The first-order valence-corrected chi connectivity index (χ1v) is 3.52. The summed E-state index contributed by atoms with van der Waals surface area (Å²) >= 11 is 3.03. The predicted molar refractivity (Wildman–Crippen MR) is 40.2 cm³/mol. The third-order valence-electron chi connectivity index (χ3n) is 1.14. The molecule has 1 atom stereocenters. The van der Waals surface area contributed by atoms with Gasteiger partial charge in [0.15, 0.2) is 0 Å². The minimum absolute atomic E-state index is 0.0790. The van der Waals surface area contributed by atoms with Gasteiger partial charge in [-0.1, -0.05) is 0 Å². The summed E-state index contributed by atoms with van der Waals surface area (Å²) in [5, 5.41) is 18.9. The van der Waals surface area contributed by atoms with Gasteiger partial charge < -0.3 is 5.11 Å². The van der Waals surface area contributed by atoms with Gasteiger partial charge in [0.25, 0.3) is 0 Å². The molecule has 0 fully saturated rings. The van der Waals surface area contributed by atoms with Crippen LogP contribution in [0.25, 0.3) is 0 Å². The largest absolute Gasteiger partial charge is 0.493 e. The van der Waals surface area contributed by atoms with E-state index in [0.717, 1.165) is 5.06 Å². The molecule has 10 heavy (non-hydrogen) atoms. The van der Waals surface area contributed by atoms with Gasteiger partial charge in [-0.25, -0.2) is 10.1 Å². The van der Waals surface area contributed by atoms with E-state index in [4.69, 9.17) is 10.3 Å². The Morgan fingerprint density at radius 2 is 2.40 bits per heavy atom. The summed E-state index contributed by atoms with van der Waals surface area (Å²) in [5.74, 6) is -0.0790. The summed E-state index contributed by atoms with van der Waals surface area (Å²) in [6.07, 6.45) is 0.888. The summed E-state index contributed by atoms with van der Waals surface area (Å²) in [6.45, 7) is 1.66. The number of aliphatic hydroxyl groups is 1. The molecule has 1 aliphatic rings. The van der Waals surface area contributed by atoms with Crippen LogP contribution >= 0.6 is 15.9 Å². The molecule has 56 valence electrons. The minimum atomic E-state index is -0.431. The zero-order valence-corrected chi connectivity index (χ0v) is 6.91. The lowest BCUT2D eigenvalue weighted by Gasteiger charge is -2.23. The van der Waals surface area contributed by atoms with Crippen LogP contribution in [0, 0.1) is 0 Å². The third-order valence-corrected chi connectivity index (χ3v) is 1.73. The van der Waals surface area contributed by atoms with Gasteiger partial charge >= 0.3 is 0 Å². The predicted octanol–water partition coefficient (Wildman–Crippen LogP) is 1.23. The molecular weight excluding hydrogens is 200 g/mol. The van der Waals surface area contributed by atoms with E-state index in [2.05, 4.69) is 20.9 Å². The summed E-state index contributed by atoms with van der Waals surface area (Å²) in [7, 11) is 0. The van der Waals surface area contributed by atoms with Gasteiger partial charge in [-0.05, 0) is 22.9 Å². The van der Waals surface area contributed by atoms with E-state index >= 15 is 0 Å². The fraction of sp³-hybridized carbons (Fsp3) is 0.400. The van der Waals surface area contributed by atoms with Crippen molar-refractivity contribution in [2.45, 2.75) is 13.1 Å². The Bertz CT molecular complexity index is 202. The van der Waals surface area contributed by atoms with E-state index < -0.39 is 6.17 Å². The molecule has 0 aliphatic carbocycles. The first-order chi connectivity index (χ1) is 4.61. The Morgan fingerprint density at radius 3 is 2.90 bits per heavy atom. The van der Waals surface area contributed by atoms with Crippen LogP contribution in [0.15, 0.2) is 15.7 Å². The summed E-state index contributed by atoms with van der Waals surface area (Å²) in [5.41, 5.74) is 0. The molecule has 1 heterocycles. The Kier molecular flexibility index (Phi) is 1.96. The molecule has 1 rings (SSSR count). The van der Waals surface area contributed by atoms with Crippen molar-refractivity contribution in [1.29, 1.82) is 0 Å². The maximum Gasteiger partial charge on any atom is 0.210 e. The Balaban J connectivity index is 2.85. The fourth-order valence-corrected chi connectivity index (χ4v) is 1.14. The lowest BCUT2D eigenvalue weighted by atomic mass is 10.4. The summed E-state index contributed by atoms with van der Waals surface area (Å²) < 4.78 is 0.410. The lowest BCUT2D eigenvalue weighted by Crippen LogP contribution is -2.29. The number of halogens is 1. The molecule has 0 bridgehead atoms. The van der Waals surface area contributed by atoms with Crippen molar-refractivity contribution in [3.63, 3.8) is 0 Å². The van der Waals surface area contributed by atoms with Crippen LogP contribution in [0.1, 0.15) is 6.92 Å². The number of nitrogens with zero attached hydrogens (tertiary/aromatic N) is 2. The molecule has 0 saturated carbocycles. The maximum absolute atomic E-state index is 9.06. The van der Waals surface area contributed by atoms with Crippen molar-refractivity contribution in [1.82, 2.24) is 5.06 Å². The van der Waals surface area contributed by atoms with Crippen LogP contribution < -0.4 is 0 Å². The van der Waals surface area contributed by atoms with Gasteiger partial charge in [-0.3, -0.25) is 5.21 Å². The third kappa shape index (κ3) is 1.30. The highest BCUT2D eigenvalue weighted by atomic mass is 79.9. The van der Waals surface area contributed by atoms with E-state index in [-0.39, 0.29) is 5.90 Å². The topological polar surface area (TPSA) is 56.1 Å². The first-order valence-electron chi connectivity index (χ1n) is 2.73. The Hall–Kier alpha value is -0.550. The SMILES string of the molecule is CC1N=C(O)C=C(Br)N1O. The molecule has 5 heteroatoms.